The number of nitro benzene ring substituents is 1. The van der Waals surface area contributed by atoms with Crippen molar-refractivity contribution in [2.45, 2.75) is 38.1 Å². The van der Waals surface area contributed by atoms with Crippen LogP contribution in [0.2, 0.25) is 0 Å². The summed E-state index contributed by atoms with van der Waals surface area (Å²) in [5.74, 6) is -0.912. The number of nitrogens with one attached hydrogen (secondary N) is 1. The maximum absolute atomic E-state index is 13.6. The fourth-order valence-corrected chi connectivity index (χ4v) is 4.58. The summed E-state index contributed by atoms with van der Waals surface area (Å²) >= 11 is 2.86. The Bertz CT molecular complexity index is 975. The smallest absolute Gasteiger partial charge is 0.272 e. The number of nitro groups is 1. The van der Waals surface area contributed by atoms with Crippen LogP contribution in [0.3, 0.4) is 0 Å². The molecular weight excluding hydrogens is 431 g/mol. The Labute approximate surface area is 158 Å². The lowest BCUT2D eigenvalue weighted by Crippen LogP contribution is -2.34. The van der Waals surface area contributed by atoms with Crippen LogP contribution in [0.15, 0.2) is 21.5 Å². The van der Waals surface area contributed by atoms with Crippen LogP contribution < -0.4 is 4.72 Å². The molecule has 0 fully saturated rings. The van der Waals surface area contributed by atoms with E-state index in [1.54, 1.807) is 18.7 Å². The second kappa shape index (κ2) is 7.41. The van der Waals surface area contributed by atoms with Crippen molar-refractivity contribution in [1.29, 1.82) is 0 Å². The number of sulfonamides is 1. The van der Waals surface area contributed by atoms with E-state index in [1.165, 1.54) is 0 Å². The third-order valence-corrected chi connectivity index (χ3v) is 6.24. The number of benzene rings is 1. The van der Waals surface area contributed by atoms with Crippen molar-refractivity contribution in [1.82, 2.24) is 14.5 Å². The minimum atomic E-state index is -4.23. The Balaban J connectivity index is 2.34. The van der Waals surface area contributed by atoms with Gasteiger partial charge < -0.3 is 0 Å². The molecule has 2 rings (SSSR count). The van der Waals surface area contributed by atoms with Gasteiger partial charge in [-0.2, -0.15) is 5.10 Å². The molecule has 1 aromatic heterocycles. The summed E-state index contributed by atoms with van der Waals surface area (Å²) in [7, 11) is -2.44. The molecule has 0 spiro atoms. The average Bonchev–Trinajstić information content (AvgIpc) is 2.75. The third-order valence-electron chi connectivity index (χ3n) is 4.01. The predicted molar refractivity (Wildman–Crippen MR) is 96.9 cm³/mol. The topological polar surface area (TPSA) is 107 Å². The molecule has 2 aromatic rings. The monoisotopic (exact) mass is 448 g/mol. The van der Waals surface area contributed by atoms with E-state index in [2.05, 4.69) is 25.8 Å². The number of hydrogen-bond donors (Lipinski definition) is 1. The van der Waals surface area contributed by atoms with Crippen LogP contribution in [-0.4, -0.2) is 29.2 Å². The molecule has 26 heavy (non-hydrogen) atoms. The fourth-order valence-electron chi connectivity index (χ4n) is 2.67. The largest absolute Gasteiger partial charge is 0.292 e. The van der Waals surface area contributed by atoms with Crippen molar-refractivity contribution in [3.63, 3.8) is 0 Å². The summed E-state index contributed by atoms with van der Waals surface area (Å²) in [6.07, 6.45) is 0.362. The summed E-state index contributed by atoms with van der Waals surface area (Å²) in [4.78, 5) is 9.60. The molecule has 8 nitrogen and oxygen atoms in total. The van der Waals surface area contributed by atoms with Gasteiger partial charge in [0.25, 0.3) is 5.69 Å². The van der Waals surface area contributed by atoms with Crippen molar-refractivity contribution in [3.8, 4) is 0 Å². The van der Waals surface area contributed by atoms with Gasteiger partial charge in [-0.3, -0.25) is 14.8 Å². The van der Waals surface area contributed by atoms with Crippen LogP contribution in [0.4, 0.5) is 10.1 Å². The lowest BCUT2D eigenvalue weighted by atomic mass is 10.1. The summed E-state index contributed by atoms with van der Waals surface area (Å²) in [6, 6.07) is 0.923. The van der Waals surface area contributed by atoms with Gasteiger partial charge in [-0.15, -0.1) is 0 Å². The van der Waals surface area contributed by atoms with Crippen LogP contribution in [-0.2, 0) is 23.5 Å². The van der Waals surface area contributed by atoms with E-state index in [9.17, 15) is 22.9 Å². The zero-order valence-electron chi connectivity index (χ0n) is 14.6. The van der Waals surface area contributed by atoms with Crippen molar-refractivity contribution in [3.05, 3.63) is 49.5 Å². The van der Waals surface area contributed by atoms with E-state index in [4.69, 9.17) is 0 Å². The highest BCUT2D eigenvalue weighted by Gasteiger charge is 2.29. The number of aromatic nitrogens is 2. The first kappa shape index (κ1) is 20.5. The highest BCUT2D eigenvalue weighted by atomic mass is 79.9. The fraction of sp³-hybridized carbons (Fsp3) is 0.400. The van der Waals surface area contributed by atoms with Gasteiger partial charge in [-0.1, -0.05) is 0 Å². The number of hydrogen-bond acceptors (Lipinski definition) is 5. The Morgan fingerprint density at radius 3 is 2.54 bits per heavy atom. The molecule has 11 heteroatoms. The second-order valence-electron chi connectivity index (χ2n) is 5.99. The Kier molecular flexibility index (Phi) is 5.83. The van der Waals surface area contributed by atoms with Crippen LogP contribution in [0.25, 0.3) is 0 Å². The Hall–Kier alpha value is -1.85. The lowest BCUT2D eigenvalue weighted by molar-refractivity contribution is -0.388. The van der Waals surface area contributed by atoms with Crippen molar-refractivity contribution in [2.24, 2.45) is 7.05 Å². The molecule has 0 bridgehead atoms. The zero-order valence-corrected chi connectivity index (χ0v) is 17.0. The SMILES string of the molecule is Cc1nn(C)c(C)c1C[C@@H](C)NS(=O)(=O)c1cc(Br)c(F)cc1[N+](=O)[O-]. The van der Waals surface area contributed by atoms with E-state index < -0.39 is 37.4 Å². The van der Waals surface area contributed by atoms with Crippen molar-refractivity contribution in [2.75, 3.05) is 0 Å². The Morgan fingerprint density at radius 1 is 1.42 bits per heavy atom. The summed E-state index contributed by atoms with van der Waals surface area (Å²) in [5, 5.41) is 15.4. The van der Waals surface area contributed by atoms with Crippen molar-refractivity contribution < 1.29 is 17.7 Å². The summed E-state index contributed by atoms with van der Waals surface area (Å²) < 4.78 is 42.8. The van der Waals surface area contributed by atoms with Gasteiger partial charge in [0, 0.05) is 18.8 Å². The van der Waals surface area contributed by atoms with Gasteiger partial charge in [0.05, 0.1) is 21.2 Å². The molecule has 0 aliphatic rings. The first-order valence-electron chi connectivity index (χ1n) is 7.59. The van der Waals surface area contributed by atoms with E-state index in [0.29, 0.717) is 12.5 Å². The first-order valence-corrected chi connectivity index (χ1v) is 9.86. The molecule has 0 radical (unpaired) electrons. The molecular formula is C15H18BrFN4O4S. The summed E-state index contributed by atoms with van der Waals surface area (Å²) in [5.41, 5.74) is 1.77. The molecule has 1 aromatic carbocycles. The molecule has 0 amide bonds. The minimum Gasteiger partial charge on any atom is -0.272 e. The quantitative estimate of drug-likeness (QED) is 0.539. The molecule has 0 unspecified atom stereocenters. The van der Waals surface area contributed by atoms with Crippen LogP contribution in [0, 0.1) is 29.8 Å². The third kappa shape index (κ3) is 4.10. The highest BCUT2D eigenvalue weighted by molar-refractivity contribution is 9.10. The Morgan fingerprint density at radius 2 is 2.04 bits per heavy atom. The minimum absolute atomic E-state index is 0.171. The molecule has 1 heterocycles. The first-order chi connectivity index (χ1) is 11.9. The maximum atomic E-state index is 13.6. The highest BCUT2D eigenvalue weighted by Crippen LogP contribution is 2.30. The van der Waals surface area contributed by atoms with Gasteiger partial charge in [0.2, 0.25) is 10.0 Å². The van der Waals surface area contributed by atoms with Crippen LogP contribution in [0.5, 0.6) is 0 Å². The van der Waals surface area contributed by atoms with E-state index in [0.717, 1.165) is 23.0 Å². The molecule has 0 saturated heterocycles. The van der Waals surface area contributed by atoms with Gasteiger partial charge in [0.15, 0.2) is 4.90 Å². The number of rotatable bonds is 6. The summed E-state index contributed by atoms with van der Waals surface area (Å²) in [6.45, 7) is 5.35. The molecule has 0 aliphatic carbocycles. The van der Waals surface area contributed by atoms with Gasteiger partial charge >= 0.3 is 0 Å². The maximum Gasteiger partial charge on any atom is 0.292 e. The van der Waals surface area contributed by atoms with E-state index in [1.807, 2.05) is 13.8 Å². The lowest BCUT2D eigenvalue weighted by Gasteiger charge is -2.15. The van der Waals surface area contributed by atoms with Crippen LogP contribution >= 0.6 is 15.9 Å². The van der Waals surface area contributed by atoms with E-state index >= 15 is 0 Å². The molecule has 0 saturated carbocycles. The molecule has 1 N–H and O–H groups in total. The normalized spacial score (nSPS) is 13.0. The van der Waals surface area contributed by atoms with Gasteiger partial charge in [0.1, 0.15) is 5.82 Å². The van der Waals surface area contributed by atoms with Crippen LogP contribution in [0.1, 0.15) is 23.9 Å². The molecule has 1 atom stereocenters. The average molecular weight is 449 g/mol. The molecule has 142 valence electrons. The number of aryl methyl sites for hydroxylation is 2. The predicted octanol–water partition coefficient (Wildman–Crippen LogP) is 2.76. The van der Waals surface area contributed by atoms with Crippen molar-refractivity contribution >= 4 is 31.6 Å². The van der Waals surface area contributed by atoms with Gasteiger partial charge in [-0.05, 0) is 54.8 Å². The standard InChI is InChI=1S/C15H18BrFN4O4S/c1-8(5-11-9(2)18-20(4)10(11)3)19-26(24,25)15-6-12(16)13(17)7-14(15)21(22)23/h6-8,19H,5H2,1-4H3/t8-/m1/s1. The molecule has 0 aliphatic heterocycles. The van der Waals surface area contributed by atoms with Gasteiger partial charge in [-0.25, -0.2) is 17.5 Å². The number of nitrogens with zero attached hydrogens (tertiary/aromatic N) is 3. The van der Waals surface area contributed by atoms with E-state index in [-0.39, 0.29) is 4.47 Å². The zero-order chi connectivity index (χ0) is 19.8. The number of halogens is 2. The second-order valence-corrected chi connectivity index (χ2v) is 8.53.